The quantitative estimate of drug-likeness (QED) is 0.605. The van der Waals surface area contributed by atoms with Gasteiger partial charge in [0.25, 0.3) is 0 Å². The van der Waals surface area contributed by atoms with Crippen LogP contribution in [0.15, 0.2) is 70.4 Å². The molecule has 0 heterocycles. The van der Waals surface area contributed by atoms with Gasteiger partial charge >= 0.3 is 0 Å². The summed E-state index contributed by atoms with van der Waals surface area (Å²) in [5, 5.41) is 0. The van der Waals surface area contributed by atoms with Gasteiger partial charge < -0.3 is 5.73 Å². The molecule has 2 aliphatic carbocycles. The minimum absolute atomic E-state index is 0.182. The van der Waals surface area contributed by atoms with Crippen molar-refractivity contribution < 1.29 is 0 Å². The molecule has 0 amide bonds. The molecule has 0 aromatic carbocycles. The van der Waals surface area contributed by atoms with E-state index >= 15 is 0 Å². The maximum atomic E-state index is 5.92. The van der Waals surface area contributed by atoms with Crippen molar-refractivity contribution in [3.8, 4) is 0 Å². The highest BCUT2D eigenvalue weighted by molar-refractivity contribution is 5.48. The third-order valence-electron chi connectivity index (χ3n) is 4.84. The second-order valence-corrected chi connectivity index (χ2v) is 6.85. The molecule has 2 rings (SSSR count). The average molecular weight is 309 g/mol. The summed E-state index contributed by atoms with van der Waals surface area (Å²) in [6.45, 7) is 10.5. The van der Waals surface area contributed by atoms with Crippen molar-refractivity contribution in [1.82, 2.24) is 0 Å². The lowest BCUT2D eigenvalue weighted by Crippen LogP contribution is -2.15. The Morgan fingerprint density at radius 2 is 1.96 bits per heavy atom. The SMILES string of the molecule is C=C/C(=C/C1=C(C)C=C(C2=CC=C(CC)CC2)CC1)CC(C)N. The second-order valence-electron chi connectivity index (χ2n) is 6.85. The van der Waals surface area contributed by atoms with E-state index in [0.717, 1.165) is 19.3 Å². The summed E-state index contributed by atoms with van der Waals surface area (Å²) in [7, 11) is 0. The number of hydrogen-bond donors (Lipinski definition) is 1. The van der Waals surface area contributed by atoms with E-state index in [1.54, 1.807) is 5.57 Å². The molecule has 0 fully saturated rings. The van der Waals surface area contributed by atoms with E-state index in [1.165, 1.54) is 47.1 Å². The Labute approximate surface area is 142 Å². The summed E-state index contributed by atoms with van der Waals surface area (Å²) >= 11 is 0. The molecule has 1 atom stereocenters. The third-order valence-corrected chi connectivity index (χ3v) is 4.84. The summed E-state index contributed by atoms with van der Waals surface area (Å²) in [6, 6.07) is 0.182. The highest BCUT2D eigenvalue weighted by Crippen LogP contribution is 2.34. The van der Waals surface area contributed by atoms with Gasteiger partial charge in [-0.15, -0.1) is 0 Å². The Hall–Kier alpha value is -1.60. The number of hydrogen-bond acceptors (Lipinski definition) is 1. The van der Waals surface area contributed by atoms with Crippen molar-refractivity contribution in [2.24, 2.45) is 5.73 Å². The van der Waals surface area contributed by atoms with Crippen LogP contribution in [0.2, 0.25) is 0 Å². The Kier molecular flexibility index (Phi) is 6.41. The van der Waals surface area contributed by atoms with Crippen LogP contribution in [0.4, 0.5) is 0 Å². The zero-order chi connectivity index (χ0) is 16.8. The summed E-state index contributed by atoms with van der Waals surface area (Å²) in [5.74, 6) is 0. The Bertz CT molecular complexity index is 606. The first-order chi connectivity index (χ1) is 11.0. The van der Waals surface area contributed by atoms with Crippen molar-refractivity contribution in [1.29, 1.82) is 0 Å². The van der Waals surface area contributed by atoms with E-state index in [2.05, 4.69) is 44.7 Å². The lowest BCUT2D eigenvalue weighted by Gasteiger charge is -2.22. The molecule has 0 aliphatic heterocycles. The Balaban J connectivity index is 2.19. The topological polar surface area (TPSA) is 26.0 Å². The molecule has 1 unspecified atom stereocenters. The highest BCUT2D eigenvalue weighted by Gasteiger charge is 2.15. The predicted octanol–water partition coefficient (Wildman–Crippen LogP) is 5.93. The van der Waals surface area contributed by atoms with Crippen molar-refractivity contribution in [2.45, 2.75) is 65.3 Å². The van der Waals surface area contributed by atoms with E-state index in [9.17, 15) is 0 Å². The van der Waals surface area contributed by atoms with Gasteiger partial charge in [0, 0.05) is 6.04 Å². The van der Waals surface area contributed by atoms with E-state index in [-0.39, 0.29) is 6.04 Å². The van der Waals surface area contributed by atoms with Gasteiger partial charge in [-0.1, -0.05) is 49.5 Å². The summed E-state index contributed by atoms with van der Waals surface area (Å²) in [6.07, 6.45) is 18.1. The van der Waals surface area contributed by atoms with Crippen LogP contribution in [0.5, 0.6) is 0 Å². The largest absolute Gasteiger partial charge is 0.328 e. The smallest absolute Gasteiger partial charge is 0.00509 e. The van der Waals surface area contributed by atoms with Crippen LogP contribution in [0.3, 0.4) is 0 Å². The highest BCUT2D eigenvalue weighted by atomic mass is 14.6. The first-order valence-corrected chi connectivity index (χ1v) is 8.91. The predicted molar refractivity (Wildman–Crippen MR) is 102 cm³/mol. The number of allylic oxidation sites excluding steroid dienone is 10. The van der Waals surface area contributed by atoms with E-state index in [1.807, 2.05) is 13.0 Å². The fourth-order valence-electron chi connectivity index (χ4n) is 3.37. The molecule has 124 valence electrons. The molecule has 0 aromatic heterocycles. The first-order valence-electron chi connectivity index (χ1n) is 8.91. The normalized spacial score (nSPS) is 20.7. The maximum Gasteiger partial charge on any atom is 0.00509 e. The van der Waals surface area contributed by atoms with Crippen LogP contribution >= 0.6 is 0 Å². The van der Waals surface area contributed by atoms with Crippen molar-refractivity contribution in [3.63, 3.8) is 0 Å². The molecule has 2 aliphatic rings. The van der Waals surface area contributed by atoms with Gasteiger partial charge in [-0.3, -0.25) is 0 Å². The lowest BCUT2D eigenvalue weighted by molar-refractivity contribution is 0.739. The minimum atomic E-state index is 0.182. The lowest BCUT2D eigenvalue weighted by atomic mass is 9.84. The van der Waals surface area contributed by atoms with Crippen molar-refractivity contribution in [2.75, 3.05) is 0 Å². The molecule has 0 bridgehead atoms. The standard InChI is InChI=1S/C22H31N/c1-5-18-7-9-20(10-8-18)22-12-11-21(16(3)13-22)15-19(6-2)14-17(4)23/h6-7,9,13,15,17H,2,5,8,10-12,14,23H2,1,3-4H3/b19-15-. The van der Waals surface area contributed by atoms with Crippen LogP contribution in [0.25, 0.3) is 0 Å². The second kappa shape index (κ2) is 8.31. The van der Waals surface area contributed by atoms with Crippen LogP contribution in [-0.2, 0) is 0 Å². The fourth-order valence-corrected chi connectivity index (χ4v) is 3.37. The summed E-state index contributed by atoms with van der Waals surface area (Å²) in [5.41, 5.74) is 14.6. The van der Waals surface area contributed by atoms with Gasteiger partial charge in [0.1, 0.15) is 0 Å². The van der Waals surface area contributed by atoms with Crippen LogP contribution < -0.4 is 5.73 Å². The van der Waals surface area contributed by atoms with Gasteiger partial charge in [0.2, 0.25) is 0 Å². The van der Waals surface area contributed by atoms with Crippen LogP contribution in [0, 0.1) is 0 Å². The van der Waals surface area contributed by atoms with Crippen molar-refractivity contribution >= 4 is 0 Å². The van der Waals surface area contributed by atoms with Gasteiger partial charge in [0.05, 0.1) is 0 Å². The molecular weight excluding hydrogens is 278 g/mol. The molecule has 0 saturated heterocycles. The Morgan fingerprint density at radius 1 is 1.22 bits per heavy atom. The van der Waals surface area contributed by atoms with Gasteiger partial charge in [-0.05, 0) is 80.2 Å². The monoisotopic (exact) mass is 309 g/mol. The zero-order valence-corrected chi connectivity index (χ0v) is 15.0. The first kappa shape index (κ1) is 17.7. The molecule has 0 spiro atoms. The molecule has 1 heteroatoms. The van der Waals surface area contributed by atoms with E-state index in [0.29, 0.717) is 0 Å². The molecule has 0 radical (unpaired) electrons. The van der Waals surface area contributed by atoms with Crippen LogP contribution in [0.1, 0.15) is 59.3 Å². The molecule has 0 aromatic rings. The Morgan fingerprint density at radius 3 is 2.48 bits per heavy atom. The molecule has 23 heavy (non-hydrogen) atoms. The number of rotatable bonds is 6. The van der Waals surface area contributed by atoms with E-state index in [4.69, 9.17) is 5.73 Å². The summed E-state index contributed by atoms with van der Waals surface area (Å²) < 4.78 is 0. The van der Waals surface area contributed by atoms with Gasteiger partial charge in [-0.25, -0.2) is 0 Å². The molecule has 1 nitrogen and oxygen atoms in total. The van der Waals surface area contributed by atoms with Crippen molar-refractivity contribution in [3.05, 3.63) is 70.4 Å². The molecule has 0 saturated carbocycles. The van der Waals surface area contributed by atoms with Crippen LogP contribution in [-0.4, -0.2) is 6.04 Å². The van der Waals surface area contributed by atoms with Gasteiger partial charge in [0.15, 0.2) is 0 Å². The molecular formula is C22H31N. The number of nitrogens with two attached hydrogens (primary N) is 1. The molecule has 2 N–H and O–H groups in total. The maximum absolute atomic E-state index is 5.92. The summed E-state index contributed by atoms with van der Waals surface area (Å²) in [4.78, 5) is 0. The van der Waals surface area contributed by atoms with E-state index < -0.39 is 0 Å². The zero-order valence-electron chi connectivity index (χ0n) is 15.0. The fraction of sp³-hybridized carbons (Fsp3) is 0.455. The third kappa shape index (κ3) is 4.94. The minimum Gasteiger partial charge on any atom is -0.328 e. The van der Waals surface area contributed by atoms with Gasteiger partial charge in [-0.2, -0.15) is 0 Å². The average Bonchev–Trinajstić information content (AvgIpc) is 2.55.